The number of ether oxygens (including phenoxy) is 2. The molecular formula is C16H12ClNO3. The fourth-order valence-electron chi connectivity index (χ4n) is 1.63. The van der Waals surface area contributed by atoms with Crippen LogP contribution < -0.4 is 9.47 Å². The maximum absolute atomic E-state index is 11.7. The minimum atomic E-state index is -0.525. The Balaban J connectivity index is 1.87. The third-order valence-electron chi connectivity index (χ3n) is 2.62. The van der Waals surface area contributed by atoms with Crippen molar-refractivity contribution in [3.8, 4) is 17.6 Å². The van der Waals surface area contributed by atoms with Crippen LogP contribution in [0.4, 0.5) is 0 Å². The molecule has 0 aliphatic rings. The Morgan fingerprint density at radius 1 is 1.14 bits per heavy atom. The Bertz CT molecular complexity index is 662. The smallest absolute Gasteiger partial charge is 0.349 e. The number of para-hydroxylation sites is 1. The van der Waals surface area contributed by atoms with Crippen LogP contribution >= 0.6 is 11.6 Å². The number of hydrogen-bond acceptors (Lipinski definition) is 4. The number of halogens is 1. The molecule has 0 atom stereocenters. The maximum atomic E-state index is 11.7. The molecule has 0 aliphatic carbocycles. The summed E-state index contributed by atoms with van der Waals surface area (Å²) >= 11 is 5.91. The van der Waals surface area contributed by atoms with Crippen LogP contribution in [0.15, 0.2) is 48.5 Å². The minimum Gasteiger partial charge on any atom is -0.480 e. The van der Waals surface area contributed by atoms with E-state index in [4.69, 9.17) is 26.3 Å². The monoisotopic (exact) mass is 301 g/mol. The van der Waals surface area contributed by atoms with Gasteiger partial charge in [-0.1, -0.05) is 35.9 Å². The molecule has 2 aromatic carbocycles. The van der Waals surface area contributed by atoms with Crippen LogP contribution in [0, 0.1) is 11.3 Å². The zero-order chi connectivity index (χ0) is 15.1. The van der Waals surface area contributed by atoms with Gasteiger partial charge in [-0.3, -0.25) is 0 Å². The van der Waals surface area contributed by atoms with E-state index in [1.165, 1.54) is 0 Å². The largest absolute Gasteiger partial charge is 0.480 e. The number of nitriles is 1. The van der Waals surface area contributed by atoms with Gasteiger partial charge in [0.15, 0.2) is 6.61 Å². The second-order valence-corrected chi connectivity index (χ2v) is 4.58. The van der Waals surface area contributed by atoms with Crippen LogP contribution in [-0.2, 0) is 11.2 Å². The van der Waals surface area contributed by atoms with Gasteiger partial charge in [0.05, 0.1) is 17.5 Å². The number of hydrogen-bond donors (Lipinski definition) is 0. The van der Waals surface area contributed by atoms with E-state index in [0.717, 1.165) is 5.56 Å². The van der Waals surface area contributed by atoms with Gasteiger partial charge in [-0.05, 0) is 29.8 Å². The molecule has 106 valence electrons. The highest BCUT2D eigenvalue weighted by atomic mass is 35.5. The zero-order valence-electron chi connectivity index (χ0n) is 11.1. The van der Waals surface area contributed by atoms with Crippen molar-refractivity contribution in [2.24, 2.45) is 0 Å². The fourth-order valence-corrected chi connectivity index (χ4v) is 1.82. The molecule has 0 amide bonds. The number of benzene rings is 2. The Hall–Kier alpha value is -2.51. The molecule has 21 heavy (non-hydrogen) atoms. The highest BCUT2D eigenvalue weighted by Gasteiger charge is 2.08. The fraction of sp³-hybridized carbons (Fsp3) is 0.125. The molecule has 0 saturated carbocycles. The summed E-state index contributed by atoms with van der Waals surface area (Å²) in [5, 5.41) is 9.01. The average Bonchev–Trinajstić information content (AvgIpc) is 2.49. The van der Waals surface area contributed by atoms with Crippen LogP contribution in [0.25, 0.3) is 0 Å². The van der Waals surface area contributed by atoms with Gasteiger partial charge >= 0.3 is 5.97 Å². The Labute approximate surface area is 127 Å². The lowest BCUT2D eigenvalue weighted by atomic mass is 10.2. The molecule has 0 spiro atoms. The molecule has 0 aliphatic heterocycles. The van der Waals surface area contributed by atoms with Crippen LogP contribution in [0.5, 0.6) is 11.5 Å². The van der Waals surface area contributed by atoms with E-state index in [9.17, 15) is 4.79 Å². The Morgan fingerprint density at radius 2 is 1.86 bits per heavy atom. The third-order valence-corrected chi connectivity index (χ3v) is 2.93. The minimum absolute atomic E-state index is 0.232. The van der Waals surface area contributed by atoms with Crippen molar-refractivity contribution >= 4 is 17.6 Å². The van der Waals surface area contributed by atoms with E-state index < -0.39 is 5.97 Å². The summed E-state index contributed by atoms with van der Waals surface area (Å²) in [6.45, 7) is -0.232. The summed E-state index contributed by atoms with van der Waals surface area (Å²) in [6, 6.07) is 15.7. The van der Waals surface area contributed by atoms with Crippen molar-refractivity contribution in [3.05, 3.63) is 59.1 Å². The van der Waals surface area contributed by atoms with E-state index in [2.05, 4.69) is 0 Å². The SMILES string of the molecule is N#CCc1ccc(OC(=O)COc2ccccc2Cl)cc1. The number of esters is 1. The van der Waals surface area contributed by atoms with Gasteiger partial charge in [-0.25, -0.2) is 4.79 Å². The highest BCUT2D eigenvalue weighted by Crippen LogP contribution is 2.23. The first-order chi connectivity index (χ1) is 10.2. The zero-order valence-corrected chi connectivity index (χ0v) is 11.8. The molecule has 0 N–H and O–H groups in total. The molecule has 0 aromatic heterocycles. The van der Waals surface area contributed by atoms with Gasteiger partial charge in [-0.15, -0.1) is 0 Å². The van der Waals surface area contributed by atoms with Crippen LogP contribution in [-0.4, -0.2) is 12.6 Å². The molecule has 5 heteroatoms. The number of carbonyl (C=O) groups is 1. The van der Waals surface area contributed by atoms with Crippen LogP contribution in [0.3, 0.4) is 0 Å². The molecule has 2 aromatic rings. The lowest BCUT2D eigenvalue weighted by molar-refractivity contribution is -0.136. The van der Waals surface area contributed by atoms with E-state index in [1.54, 1.807) is 48.5 Å². The van der Waals surface area contributed by atoms with Crippen LogP contribution in [0.2, 0.25) is 5.02 Å². The van der Waals surface area contributed by atoms with Gasteiger partial charge in [0.1, 0.15) is 11.5 Å². The third kappa shape index (κ3) is 4.51. The van der Waals surface area contributed by atoms with Crippen molar-refractivity contribution in [2.45, 2.75) is 6.42 Å². The Kier molecular flexibility index (Phi) is 5.19. The molecule has 4 nitrogen and oxygen atoms in total. The summed E-state index contributed by atoms with van der Waals surface area (Å²) in [5.41, 5.74) is 0.865. The molecule has 0 saturated heterocycles. The average molecular weight is 302 g/mol. The summed E-state index contributed by atoms with van der Waals surface area (Å²) in [6.07, 6.45) is 0.323. The second-order valence-electron chi connectivity index (χ2n) is 4.17. The Morgan fingerprint density at radius 3 is 2.52 bits per heavy atom. The van der Waals surface area contributed by atoms with Crippen molar-refractivity contribution in [3.63, 3.8) is 0 Å². The topological polar surface area (TPSA) is 59.3 Å². The van der Waals surface area contributed by atoms with Crippen molar-refractivity contribution < 1.29 is 14.3 Å². The molecule has 0 bridgehead atoms. The van der Waals surface area contributed by atoms with E-state index in [0.29, 0.717) is 22.9 Å². The van der Waals surface area contributed by atoms with E-state index >= 15 is 0 Å². The standard InChI is InChI=1S/C16H12ClNO3/c17-14-3-1-2-4-15(14)20-11-16(19)21-13-7-5-12(6-8-13)9-10-18/h1-8H,9,11H2. The number of carbonyl (C=O) groups excluding carboxylic acids is 1. The summed E-state index contributed by atoms with van der Waals surface area (Å²) in [4.78, 5) is 11.7. The molecule has 0 heterocycles. The lowest BCUT2D eigenvalue weighted by Gasteiger charge is -2.08. The summed E-state index contributed by atoms with van der Waals surface area (Å²) < 4.78 is 10.4. The first-order valence-corrected chi connectivity index (χ1v) is 6.61. The normalized spacial score (nSPS) is 9.71. The number of rotatable bonds is 5. The van der Waals surface area contributed by atoms with Gasteiger partial charge in [0, 0.05) is 0 Å². The lowest BCUT2D eigenvalue weighted by Crippen LogP contribution is -2.17. The van der Waals surface area contributed by atoms with Gasteiger partial charge in [0.25, 0.3) is 0 Å². The van der Waals surface area contributed by atoms with Crippen molar-refractivity contribution in [1.82, 2.24) is 0 Å². The molecule has 0 radical (unpaired) electrons. The second kappa shape index (κ2) is 7.32. The molecule has 0 unspecified atom stereocenters. The van der Waals surface area contributed by atoms with Crippen molar-refractivity contribution in [2.75, 3.05) is 6.61 Å². The molecule has 0 fully saturated rings. The van der Waals surface area contributed by atoms with Gasteiger partial charge in [0.2, 0.25) is 0 Å². The predicted molar refractivity (Wildman–Crippen MR) is 78.3 cm³/mol. The van der Waals surface area contributed by atoms with Crippen LogP contribution in [0.1, 0.15) is 5.56 Å². The van der Waals surface area contributed by atoms with Gasteiger partial charge < -0.3 is 9.47 Å². The molecule has 2 rings (SSSR count). The quantitative estimate of drug-likeness (QED) is 0.627. The maximum Gasteiger partial charge on any atom is 0.349 e. The predicted octanol–water partition coefficient (Wildman–Crippen LogP) is 3.39. The summed E-state index contributed by atoms with van der Waals surface area (Å²) in [7, 11) is 0. The van der Waals surface area contributed by atoms with Crippen molar-refractivity contribution in [1.29, 1.82) is 5.26 Å². The van der Waals surface area contributed by atoms with E-state index in [1.807, 2.05) is 6.07 Å². The number of nitrogens with zero attached hydrogens (tertiary/aromatic N) is 1. The first-order valence-electron chi connectivity index (χ1n) is 6.23. The van der Waals surface area contributed by atoms with Gasteiger partial charge in [-0.2, -0.15) is 5.26 Å². The molecular weight excluding hydrogens is 290 g/mol. The van der Waals surface area contributed by atoms with E-state index in [-0.39, 0.29) is 6.61 Å². The highest BCUT2D eigenvalue weighted by molar-refractivity contribution is 6.32. The first kappa shape index (κ1) is 14.9. The summed E-state index contributed by atoms with van der Waals surface area (Å²) in [5.74, 6) is 0.313.